The first kappa shape index (κ1) is 18.6. The number of aromatic amines is 1. The lowest BCUT2D eigenvalue weighted by molar-refractivity contribution is 0.0524. The Balaban J connectivity index is 1.56. The average molecular weight is 415 g/mol. The normalized spacial score (nSPS) is 13.6. The number of rotatable bonds is 5. The highest BCUT2D eigenvalue weighted by Gasteiger charge is 2.27. The Morgan fingerprint density at radius 1 is 1.32 bits per heavy atom. The molecule has 1 aliphatic rings. The molecule has 3 N–H and O–H groups in total. The zero-order valence-corrected chi connectivity index (χ0v) is 16.4. The number of carbonyl (C=O) groups excluding carboxylic acids is 1. The van der Waals surface area contributed by atoms with E-state index < -0.39 is 5.97 Å². The number of aromatic hydroxyl groups is 1. The molecule has 0 saturated heterocycles. The number of furan rings is 1. The van der Waals surface area contributed by atoms with Gasteiger partial charge in [0.2, 0.25) is 5.88 Å². The van der Waals surface area contributed by atoms with Gasteiger partial charge >= 0.3 is 5.97 Å². The van der Waals surface area contributed by atoms with Crippen molar-refractivity contribution in [1.82, 2.24) is 15.0 Å². The summed E-state index contributed by atoms with van der Waals surface area (Å²) in [5.74, 6) is -0.256. The van der Waals surface area contributed by atoms with Crippen molar-refractivity contribution in [2.45, 2.75) is 6.92 Å². The SMILES string of the molecule is CCOC(=O)c1c(Nc2ccc3nc[nH]c3c2)oc(C=C2C=Nc3ncccc32)c1O. The molecule has 0 spiro atoms. The topological polar surface area (TPSA) is 126 Å². The molecule has 0 fully saturated rings. The highest BCUT2D eigenvalue weighted by molar-refractivity contribution is 6.21. The maximum absolute atomic E-state index is 12.5. The van der Waals surface area contributed by atoms with Gasteiger partial charge in [0, 0.05) is 29.2 Å². The van der Waals surface area contributed by atoms with Crippen LogP contribution in [0.25, 0.3) is 22.7 Å². The molecule has 4 heterocycles. The van der Waals surface area contributed by atoms with E-state index in [1.54, 1.807) is 43.9 Å². The third-order valence-corrected chi connectivity index (χ3v) is 4.78. The summed E-state index contributed by atoms with van der Waals surface area (Å²) < 4.78 is 11.0. The molecule has 0 amide bonds. The molecule has 4 aromatic rings. The number of hydrogen-bond donors (Lipinski definition) is 3. The fourth-order valence-corrected chi connectivity index (χ4v) is 3.34. The lowest BCUT2D eigenvalue weighted by Crippen LogP contribution is -2.06. The molecule has 0 radical (unpaired) electrons. The van der Waals surface area contributed by atoms with Crippen LogP contribution >= 0.6 is 0 Å². The van der Waals surface area contributed by atoms with E-state index in [0.717, 1.165) is 16.6 Å². The summed E-state index contributed by atoms with van der Waals surface area (Å²) in [6.45, 7) is 1.85. The maximum atomic E-state index is 12.5. The number of carbonyl (C=O) groups is 1. The minimum absolute atomic E-state index is 0.0722. The van der Waals surface area contributed by atoms with Gasteiger partial charge in [0.05, 0.1) is 24.0 Å². The summed E-state index contributed by atoms with van der Waals surface area (Å²) in [6, 6.07) is 9.10. The summed E-state index contributed by atoms with van der Waals surface area (Å²) in [4.78, 5) is 28.2. The molecule has 9 heteroatoms. The fourth-order valence-electron chi connectivity index (χ4n) is 3.34. The first-order chi connectivity index (χ1) is 15.1. The van der Waals surface area contributed by atoms with Crippen LogP contribution in [0.2, 0.25) is 0 Å². The van der Waals surface area contributed by atoms with E-state index in [1.165, 1.54) is 0 Å². The molecule has 0 atom stereocenters. The standard InChI is InChI=1S/C22H17N5O4/c1-2-30-22(29)18-19(28)17(8-12-10-24-20-14(12)4-3-7-23-20)31-21(18)27-13-5-6-15-16(9-13)26-11-25-15/h3-11,27-28H,2H2,1H3,(H,25,26). The summed E-state index contributed by atoms with van der Waals surface area (Å²) in [5.41, 5.74) is 3.68. The second kappa shape index (κ2) is 7.45. The number of anilines is 2. The number of imidazole rings is 1. The number of esters is 1. The molecular formula is C22H17N5O4. The van der Waals surface area contributed by atoms with Gasteiger partial charge in [-0.3, -0.25) is 0 Å². The van der Waals surface area contributed by atoms with Gasteiger partial charge in [0.1, 0.15) is 0 Å². The zero-order valence-electron chi connectivity index (χ0n) is 16.4. The van der Waals surface area contributed by atoms with E-state index in [2.05, 4.69) is 25.3 Å². The molecule has 31 heavy (non-hydrogen) atoms. The van der Waals surface area contributed by atoms with Crippen LogP contribution in [0.1, 0.15) is 28.6 Å². The van der Waals surface area contributed by atoms with Crippen molar-refractivity contribution >= 4 is 52.3 Å². The molecular weight excluding hydrogens is 398 g/mol. The van der Waals surface area contributed by atoms with Gasteiger partial charge in [-0.15, -0.1) is 0 Å². The minimum atomic E-state index is -0.694. The lowest BCUT2D eigenvalue weighted by Gasteiger charge is -2.06. The predicted octanol–water partition coefficient (Wildman–Crippen LogP) is 4.43. The number of hydrogen-bond acceptors (Lipinski definition) is 8. The van der Waals surface area contributed by atoms with Crippen LogP contribution in [-0.2, 0) is 4.74 Å². The summed E-state index contributed by atoms with van der Waals surface area (Å²) in [5, 5.41) is 13.8. The first-order valence-electron chi connectivity index (χ1n) is 9.58. The maximum Gasteiger partial charge on any atom is 0.347 e. The fraction of sp³-hybridized carbons (Fsp3) is 0.0909. The van der Waals surface area contributed by atoms with Crippen LogP contribution in [0.5, 0.6) is 5.75 Å². The highest BCUT2D eigenvalue weighted by Crippen LogP contribution is 2.39. The monoisotopic (exact) mass is 415 g/mol. The van der Waals surface area contributed by atoms with Crippen molar-refractivity contribution in [3.8, 4) is 5.75 Å². The van der Waals surface area contributed by atoms with Crippen molar-refractivity contribution in [2.24, 2.45) is 4.99 Å². The Labute approximate surface area is 176 Å². The minimum Gasteiger partial charge on any atom is -0.504 e. The quantitative estimate of drug-likeness (QED) is 0.412. The van der Waals surface area contributed by atoms with E-state index in [1.807, 2.05) is 18.2 Å². The number of fused-ring (bicyclic) bond motifs is 2. The second-order valence-electron chi connectivity index (χ2n) is 6.73. The predicted molar refractivity (Wildman–Crippen MR) is 116 cm³/mol. The van der Waals surface area contributed by atoms with E-state index in [9.17, 15) is 9.90 Å². The van der Waals surface area contributed by atoms with Crippen LogP contribution in [0.3, 0.4) is 0 Å². The number of pyridine rings is 1. The smallest absolute Gasteiger partial charge is 0.347 e. The van der Waals surface area contributed by atoms with Crippen LogP contribution in [0, 0.1) is 0 Å². The molecule has 3 aromatic heterocycles. The number of aliphatic imine (C=N–C) groups is 1. The van der Waals surface area contributed by atoms with Crippen LogP contribution in [-0.4, -0.2) is 38.8 Å². The van der Waals surface area contributed by atoms with E-state index in [4.69, 9.17) is 9.15 Å². The molecule has 0 bridgehead atoms. The largest absolute Gasteiger partial charge is 0.504 e. The number of nitrogens with one attached hydrogen (secondary N) is 2. The van der Waals surface area contributed by atoms with Crippen molar-refractivity contribution < 1.29 is 19.1 Å². The van der Waals surface area contributed by atoms with Crippen molar-refractivity contribution in [2.75, 3.05) is 11.9 Å². The average Bonchev–Trinajstić information content (AvgIpc) is 3.47. The van der Waals surface area contributed by atoms with Gasteiger partial charge in [-0.05, 0) is 43.3 Å². The molecule has 9 nitrogen and oxygen atoms in total. The number of H-pyrrole nitrogens is 1. The molecule has 0 aliphatic carbocycles. The molecule has 1 aliphatic heterocycles. The van der Waals surface area contributed by atoms with E-state index >= 15 is 0 Å². The van der Waals surface area contributed by atoms with Gasteiger partial charge in [-0.25, -0.2) is 19.8 Å². The molecule has 1 aromatic carbocycles. The zero-order chi connectivity index (χ0) is 21.4. The Bertz CT molecular complexity index is 1370. The van der Waals surface area contributed by atoms with Gasteiger partial charge in [0.15, 0.2) is 22.9 Å². The number of allylic oxidation sites excluding steroid dienone is 1. The third kappa shape index (κ3) is 3.31. The number of nitrogens with zero attached hydrogens (tertiary/aromatic N) is 3. The molecule has 0 saturated carbocycles. The lowest BCUT2D eigenvalue weighted by atomic mass is 10.1. The third-order valence-electron chi connectivity index (χ3n) is 4.78. The summed E-state index contributed by atoms with van der Waals surface area (Å²) in [6.07, 6.45) is 6.49. The summed E-state index contributed by atoms with van der Waals surface area (Å²) in [7, 11) is 0. The van der Waals surface area contributed by atoms with Crippen molar-refractivity contribution in [3.05, 3.63) is 59.7 Å². The van der Waals surface area contributed by atoms with Gasteiger partial charge < -0.3 is 24.6 Å². The Kier molecular flexibility index (Phi) is 4.47. The number of benzene rings is 1. The summed E-state index contributed by atoms with van der Waals surface area (Å²) >= 11 is 0. The van der Waals surface area contributed by atoms with Crippen LogP contribution in [0.4, 0.5) is 17.4 Å². The molecule has 154 valence electrons. The highest BCUT2D eigenvalue weighted by atomic mass is 16.5. The van der Waals surface area contributed by atoms with Gasteiger partial charge in [-0.2, -0.15) is 0 Å². The van der Waals surface area contributed by atoms with Crippen LogP contribution in [0.15, 0.2) is 52.3 Å². The Morgan fingerprint density at radius 2 is 2.23 bits per heavy atom. The molecule has 0 unspecified atom stereocenters. The number of ether oxygens (including phenoxy) is 1. The van der Waals surface area contributed by atoms with Gasteiger partial charge in [0.25, 0.3) is 0 Å². The number of aromatic nitrogens is 3. The van der Waals surface area contributed by atoms with Crippen LogP contribution < -0.4 is 5.32 Å². The second-order valence-corrected chi connectivity index (χ2v) is 6.73. The van der Waals surface area contributed by atoms with E-state index in [0.29, 0.717) is 17.1 Å². The Hall–Kier alpha value is -4.40. The van der Waals surface area contributed by atoms with Crippen molar-refractivity contribution in [1.29, 1.82) is 0 Å². The van der Waals surface area contributed by atoms with Crippen molar-refractivity contribution in [3.63, 3.8) is 0 Å². The van der Waals surface area contributed by atoms with E-state index in [-0.39, 0.29) is 29.6 Å². The first-order valence-corrected chi connectivity index (χ1v) is 9.58. The Morgan fingerprint density at radius 3 is 3.10 bits per heavy atom. The molecule has 5 rings (SSSR count). The van der Waals surface area contributed by atoms with Gasteiger partial charge in [-0.1, -0.05) is 0 Å².